The van der Waals surface area contributed by atoms with E-state index in [1.54, 1.807) is 24.8 Å². The molecule has 0 aliphatic rings. The van der Waals surface area contributed by atoms with Crippen LogP contribution in [0.2, 0.25) is 0 Å². The van der Waals surface area contributed by atoms with E-state index in [1.165, 1.54) is 25.7 Å². The molecule has 0 aliphatic carbocycles. The molecule has 0 unspecified atom stereocenters. The number of benzene rings is 4. The summed E-state index contributed by atoms with van der Waals surface area (Å²) in [5.41, 5.74) is 2.49. The van der Waals surface area contributed by atoms with Crippen molar-refractivity contribution >= 4 is 33.1 Å². The molecule has 6 aromatic rings. The molecule has 0 amide bonds. The first-order chi connectivity index (χ1) is 23.7. The van der Waals surface area contributed by atoms with Gasteiger partial charge in [-0.2, -0.15) is 0 Å². The molecular weight excluding hydrogens is 596 g/mol. The SMILES string of the molecule is O=C(c1ccc(OCCCCCCCCCCOc2ccc(C(=O)c3cncc4ccccc34)cc2)cc1)c1cncc2ccccc12. The molecule has 4 aromatic carbocycles. The van der Waals surface area contributed by atoms with E-state index in [9.17, 15) is 9.59 Å². The molecular formula is C42H40N2O4. The highest BCUT2D eigenvalue weighted by molar-refractivity contribution is 6.16. The second-order valence-electron chi connectivity index (χ2n) is 12.0. The quantitative estimate of drug-likeness (QED) is 0.0733. The molecule has 6 rings (SSSR count). The highest BCUT2D eigenvalue weighted by atomic mass is 16.5. The molecule has 0 saturated heterocycles. The Balaban J connectivity index is 0.807. The Morgan fingerprint density at radius 1 is 0.438 bits per heavy atom. The van der Waals surface area contributed by atoms with Gasteiger partial charge in [0.1, 0.15) is 11.5 Å². The summed E-state index contributed by atoms with van der Waals surface area (Å²) in [6.45, 7) is 1.35. The Labute approximate surface area is 281 Å². The summed E-state index contributed by atoms with van der Waals surface area (Å²) in [7, 11) is 0. The summed E-state index contributed by atoms with van der Waals surface area (Å²) in [5.74, 6) is 1.50. The number of unbranched alkanes of at least 4 members (excludes halogenated alkanes) is 7. The number of fused-ring (bicyclic) bond motifs is 2. The molecule has 2 heterocycles. The van der Waals surface area contributed by atoms with Crippen LogP contribution in [0.1, 0.15) is 83.2 Å². The highest BCUT2D eigenvalue weighted by Crippen LogP contribution is 2.23. The third kappa shape index (κ3) is 8.31. The van der Waals surface area contributed by atoms with Gasteiger partial charge in [-0.25, -0.2) is 0 Å². The Hall–Kier alpha value is -5.36. The summed E-state index contributed by atoms with van der Waals surface area (Å²) >= 11 is 0. The molecule has 6 heteroatoms. The fourth-order valence-corrected chi connectivity index (χ4v) is 5.96. The maximum Gasteiger partial charge on any atom is 0.195 e. The average Bonchev–Trinajstić information content (AvgIpc) is 3.14. The third-order valence-corrected chi connectivity index (χ3v) is 8.63. The maximum absolute atomic E-state index is 13.1. The molecule has 6 nitrogen and oxygen atoms in total. The lowest BCUT2D eigenvalue weighted by atomic mass is 10.00. The number of aromatic nitrogens is 2. The molecule has 0 radical (unpaired) electrons. The standard InChI is InChI=1S/C42H40N2O4/c45-41(39-29-43-27-33-13-7-9-15-37(33)39)31-17-21-35(22-18-31)47-25-11-5-3-1-2-4-6-12-26-48-36-23-19-32(20-24-36)42(46)40-30-44-28-34-14-8-10-16-38(34)40/h7-10,13-24,27-30H,1-6,11-12,25-26H2. The van der Waals surface area contributed by atoms with Crippen LogP contribution in [0.3, 0.4) is 0 Å². The lowest BCUT2D eigenvalue weighted by molar-refractivity contribution is 0.103. The van der Waals surface area contributed by atoms with Gasteiger partial charge in [-0.1, -0.05) is 87.1 Å². The molecule has 2 aromatic heterocycles. The van der Waals surface area contributed by atoms with Crippen LogP contribution in [0.5, 0.6) is 11.5 Å². The predicted octanol–water partition coefficient (Wildman–Crippen LogP) is 9.82. The van der Waals surface area contributed by atoms with E-state index in [2.05, 4.69) is 9.97 Å². The zero-order valence-corrected chi connectivity index (χ0v) is 27.1. The van der Waals surface area contributed by atoms with Crippen LogP contribution < -0.4 is 9.47 Å². The van der Waals surface area contributed by atoms with Crippen LogP contribution in [-0.4, -0.2) is 34.7 Å². The van der Waals surface area contributed by atoms with Gasteiger partial charge in [0.05, 0.1) is 13.2 Å². The minimum Gasteiger partial charge on any atom is -0.494 e. The first kappa shape index (κ1) is 32.6. The number of ether oxygens (including phenoxy) is 2. The van der Waals surface area contributed by atoms with Crippen LogP contribution in [0.15, 0.2) is 122 Å². The van der Waals surface area contributed by atoms with Gasteiger partial charge < -0.3 is 9.47 Å². The van der Waals surface area contributed by atoms with Gasteiger partial charge in [-0.15, -0.1) is 0 Å². The molecule has 48 heavy (non-hydrogen) atoms. The molecule has 0 fully saturated rings. The number of hydrogen-bond acceptors (Lipinski definition) is 6. The number of nitrogens with zero attached hydrogens (tertiary/aromatic N) is 2. The molecule has 0 spiro atoms. The lowest BCUT2D eigenvalue weighted by Gasteiger charge is -2.09. The Morgan fingerprint density at radius 2 is 0.812 bits per heavy atom. The predicted molar refractivity (Wildman–Crippen MR) is 191 cm³/mol. The Kier molecular flexibility index (Phi) is 11.2. The van der Waals surface area contributed by atoms with Gasteiger partial charge in [0, 0.05) is 57.8 Å². The van der Waals surface area contributed by atoms with E-state index in [0.29, 0.717) is 35.5 Å². The normalized spacial score (nSPS) is 11.1. The second kappa shape index (κ2) is 16.5. The number of hydrogen-bond donors (Lipinski definition) is 0. The van der Waals surface area contributed by atoms with Crippen molar-refractivity contribution in [2.45, 2.75) is 51.4 Å². The Bertz CT molecular complexity index is 1810. The fourth-order valence-electron chi connectivity index (χ4n) is 5.96. The van der Waals surface area contributed by atoms with Gasteiger partial charge in [-0.05, 0) is 72.1 Å². The number of pyridine rings is 2. The number of ketones is 2. The smallest absolute Gasteiger partial charge is 0.195 e. The lowest BCUT2D eigenvalue weighted by Crippen LogP contribution is -2.03. The molecule has 0 bridgehead atoms. The van der Waals surface area contributed by atoms with Crippen LogP contribution in [0.25, 0.3) is 21.5 Å². The third-order valence-electron chi connectivity index (χ3n) is 8.63. The molecule has 242 valence electrons. The molecule has 0 aliphatic heterocycles. The van der Waals surface area contributed by atoms with Crippen LogP contribution in [0.4, 0.5) is 0 Å². The van der Waals surface area contributed by atoms with Crippen molar-refractivity contribution in [3.63, 3.8) is 0 Å². The molecule has 0 saturated carbocycles. The number of rotatable bonds is 17. The maximum atomic E-state index is 13.1. The van der Waals surface area contributed by atoms with Crippen molar-refractivity contribution in [2.24, 2.45) is 0 Å². The van der Waals surface area contributed by atoms with E-state index >= 15 is 0 Å². The van der Waals surface area contributed by atoms with Gasteiger partial charge in [0.25, 0.3) is 0 Å². The van der Waals surface area contributed by atoms with E-state index in [0.717, 1.165) is 58.7 Å². The first-order valence-corrected chi connectivity index (χ1v) is 16.9. The average molecular weight is 637 g/mol. The summed E-state index contributed by atoms with van der Waals surface area (Å²) in [5, 5.41) is 3.74. The summed E-state index contributed by atoms with van der Waals surface area (Å²) in [6.07, 6.45) is 16.0. The summed E-state index contributed by atoms with van der Waals surface area (Å²) < 4.78 is 11.8. The van der Waals surface area contributed by atoms with Crippen molar-refractivity contribution in [1.29, 1.82) is 0 Å². The van der Waals surface area contributed by atoms with E-state index in [-0.39, 0.29) is 11.6 Å². The van der Waals surface area contributed by atoms with E-state index < -0.39 is 0 Å². The van der Waals surface area contributed by atoms with Crippen molar-refractivity contribution < 1.29 is 19.1 Å². The van der Waals surface area contributed by atoms with Gasteiger partial charge in [-0.3, -0.25) is 19.6 Å². The van der Waals surface area contributed by atoms with Gasteiger partial charge >= 0.3 is 0 Å². The van der Waals surface area contributed by atoms with Crippen molar-refractivity contribution in [3.8, 4) is 11.5 Å². The fraction of sp³-hybridized carbons (Fsp3) is 0.238. The van der Waals surface area contributed by atoms with Crippen molar-refractivity contribution in [2.75, 3.05) is 13.2 Å². The van der Waals surface area contributed by atoms with Crippen molar-refractivity contribution in [1.82, 2.24) is 9.97 Å². The van der Waals surface area contributed by atoms with Crippen molar-refractivity contribution in [3.05, 3.63) is 144 Å². The van der Waals surface area contributed by atoms with Crippen LogP contribution >= 0.6 is 0 Å². The molecule has 0 N–H and O–H groups in total. The largest absolute Gasteiger partial charge is 0.494 e. The second-order valence-corrected chi connectivity index (χ2v) is 12.0. The highest BCUT2D eigenvalue weighted by Gasteiger charge is 2.14. The monoisotopic (exact) mass is 636 g/mol. The number of carbonyl (C=O) groups excluding carboxylic acids is 2. The minimum atomic E-state index is -0.0334. The zero-order chi connectivity index (χ0) is 33.0. The van der Waals surface area contributed by atoms with E-state index in [1.807, 2.05) is 97.1 Å². The summed E-state index contributed by atoms with van der Waals surface area (Å²) in [6, 6.07) is 30.4. The zero-order valence-electron chi connectivity index (χ0n) is 27.1. The van der Waals surface area contributed by atoms with E-state index in [4.69, 9.17) is 9.47 Å². The van der Waals surface area contributed by atoms with Crippen LogP contribution in [-0.2, 0) is 0 Å². The minimum absolute atomic E-state index is 0.0334. The van der Waals surface area contributed by atoms with Gasteiger partial charge in [0.15, 0.2) is 11.6 Å². The van der Waals surface area contributed by atoms with Gasteiger partial charge in [0.2, 0.25) is 0 Å². The van der Waals surface area contributed by atoms with Crippen LogP contribution in [0, 0.1) is 0 Å². The topological polar surface area (TPSA) is 78.4 Å². The summed E-state index contributed by atoms with van der Waals surface area (Å²) in [4.78, 5) is 34.7. The molecule has 0 atom stereocenters. The number of carbonyl (C=O) groups is 2. The Morgan fingerprint density at radius 3 is 1.23 bits per heavy atom. The first-order valence-electron chi connectivity index (χ1n) is 16.9.